The molecule has 1 atom stereocenters. The number of likely N-dealkylation sites (tertiary alicyclic amines) is 1. The maximum atomic E-state index is 13.6. The van der Waals surface area contributed by atoms with Crippen molar-refractivity contribution in [3.8, 4) is 0 Å². The second-order valence-corrected chi connectivity index (χ2v) is 11.5. The van der Waals surface area contributed by atoms with E-state index >= 15 is 0 Å². The number of piperidine rings is 1. The molecule has 2 N–H and O–H groups in total. The molecule has 4 rings (SSSR count). The molecule has 1 aromatic carbocycles. The zero-order valence-electron chi connectivity index (χ0n) is 21.9. The van der Waals surface area contributed by atoms with E-state index in [1.54, 1.807) is 37.0 Å². The highest BCUT2D eigenvalue weighted by Gasteiger charge is 2.32. The standard InChI is InChI=1S/C27H34N6O3S/c1-17-15-21(31-25-28-16-18(2)37-25)30-23(29-17)20-11-13-33(14-12-20)24(34)22(19-9-7-6-8-10-19)32-26(35)36-27(3,4)5/h6-10,15-16,20,22H,11-14H2,1-5H3,(H,32,35)(H,28,29,30,31)/t22-/m0/s1. The lowest BCUT2D eigenvalue weighted by Gasteiger charge is -2.34. The van der Waals surface area contributed by atoms with Crippen LogP contribution in [0.15, 0.2) is 42.6 Å². The van der Waals surface area contributed by atoms with E-state index in [-0.39, 0.29) is 11.8 Å². The third kappa shape index (κ3) is 7.25. The summed E-state index contributed by atoms with van der Waals surface area (Å²) in [6.45, 7) is 10.5. The number of carbonyl (C=O) groups excluding carboxylic acids is 2. The van der Waals surface area contributed by atoms with Crippen LogP contribution in [0.5, 0.6) is 0 Å². The summed E-state index contributed by atoms with van der Waals surface area (Å²) >= 11 is 1.58. The molecule has 1 aliphatic rings. The first kappa shape index (κ1) is 26.5. The van der Waals surface area contributed by atoms with Crippen molar-refractivity contribution in [3.63, 3.8) is 0 Å². The minimum absolute atomic E-state index is 0.136. The highest BCUT2D eigenvalue weighted by atomic mass is 32.1. The average molecular weight is 523 g/mol. The number of thiazole rings is 1. The molecule has 0 bridgehead atoms. The molecular weight excluding hydrogens is 488 g/mol. The monoisotopic (exact) mass is 522 g/mol. The third-order valence-electron chi connectivity index (χ3n) is 5.94. The number of alkyl carbamates (subject to hydrolysis) is 1. The van der Waals surface area contributed by atoms with Gasteiger partial charge in [0.25, 0.3) is 0 Å². The minimum Gasteiger partial charge on any atom is -0.444 e. The molecule has 0 unspecified atom stereocenters. The summed E-state index contributed by atoms with van der Waals surface area (Å²) in [6, 6.07) is 10.4. The molecule has 1 aliphatic heterocycles. The maximum Gasteiger partial charge on any atom is 0.408 e. The summed E-state index contributed by atoms with van der Waals surface area (Å²) in [6.07, 6.45) is 2.68. The Hall–Kier alpha value is -3.53. The number of rotatable bonds is 6. The van der Waals surface area contributed by atoms with Gasteiger partial charge in [-0.25, -0.2) is 19.7 Å². The molecule has 196 valence electrons. The smallest absolute Gasteiger partial charge is 0.408 e. The van der Waals surface area contributed by atoms with Crippen molar-refractivity contribution in [1.82, 2.24) is 25.2 Å². The van der Waals surface area contributed by atoms with Gasteiger partial charge in [-0.2, -0.15) is 0 Å². The summed E-state index contributed by atoms with van der Waals surface area (Å²) in [5, 5.41) is 6.86. The topological polar surface area (TPSA) is 109 Å². The van der Waals surface area contributed by atoms with E-state index in [0.29, 0.717) is 13.1 Å². The van der Waals surface area contributed by atoms with Gasteiger partial charge in [-0.3, -0.25) is 4.79 Å². The van der Waals surface area contributed by atoms with Crippen molar-refractivity contribution in [3.05, 3.63) is 64.6 Å². The fraction of sp³-hybridized carbons (Fsp3) is 0.444. The van der Waals surface area contributed by atoms with E-state index in [1.807, 2.05) is 56.4 Å². The number of carbonyl (C=O) groups is 2. The molecule has 10 heteroatoms. The number of hydrogen-bond donors (Lipinski definition) is 2. The molecule has 0 saturated carbocycles. The summed E-state index contributed by atoms with van der Waals surface area (Å²) in [7, 11) is 0. The van der Waals surface area contributed by atoms with Crippen LogP contribution in [-0.4, -0.2) is 50.5 Å². The van der Waals surface area contributed by atoms with E-state index in [4.69, 9.17) is 9.72 Å². The predicted octanol–water partition coefficient (Wildman–Crippen LogP) is 5.27. The van der Waals surface area contributed by atoms with Gasteiger partial charge < -0.3 is 20.3 Å². The SMILES string of the molecule is Cc1cc(Nc2ncc(C)s2)nc(C2CCN(C(=O)[C@@H](NC(=O)OC(C)(C)C)c3ccccc3)CC2)n1. The van der Waals surface area contributed by atoms with Crippen LogP contribution in [0.1, 0.15) is 67.5 Å². The first-order valence-corrected chi connectivity index (χ1v) is 13.3. The van der Waals surface area contributed by atoms with E-state index in [9.17, 15) is 9.59 Å². The number of amides is 2. The van der Waals surface area contributed by atoms with Gasteiger partial charge in [0.2, 0.25) is 5.91 Å². The lowest BCUT2D eigenvalue weighted by molar-refractivity contribution is -0.134. The molecular formula is C27H34N6O3S. The lowest BCUT2D eigenvalue weighted by atomic mass is 9.94. The number of aryl methyl sites for hydroxylation is 2. The molecule has 1 saturated heterocycles. The van der Waals surface area contributed by atoms with E-state index in [1.165, 1.54) is 0 Å². The van der Waals surface area contributed by atoms with E-state index < -0.39 is 17.7 Å². The van der Waals surface area contributed by atoms with Gasteiger partial charge in [0.15, 0.2) is 5.13 Å². The Bertz CT molecular complexity index is 1230. The fourth-order valence-electron chi connectivity index (χ4n) is 4.26. The Morgan fingerprint density at radius 3 is 2.43 bits per heavy atom. The number of benzene rings is 1. The van der Waals surface area contributed by atoms with Gasteiger partial charge in [-0.1, -0.05) is 30.3 Å². The highest BCUT2D eigenvalue weighted by Crippen LogP contribution is 2.29. The average Bonchev–Trinajstić information content (AvgIpc) is 3.25. The van der Waals surface area contributed by atoms with Crippen molar-refractivity contribution in [2.45, 2.75) is 65.0 Å². The quantitative estimate of drug-likeness (QED) is 0.454. The van der Waals surface area contributed by atoms with Crippen molar-refractivity contribution < 1.29 is 14.3 Å². The first-order chi connectivity index (χ1) is 17.6. The zero-order chi connectivity index (χ0) is 26.6. The second kappa shape index (κ2) is 11.2. The van der Waals surface area contributed by atoms with Gasteiger partial charge >= 0.3 is 6.09 Å². The lowest BCUT2D eigenvalue weighted by Crippen LogP contribution is -2.46. The van der Waals surface area contributed by atoms with Crippen LogP contribution >= 0.6 is 11.3 Å². The van der Waals surface area contributed by atoms with E-state index in [0.717, 1.165) is 45.7 Å². The molecule has 0 spiro atoms. The summed E-state index contributed by atoms with van der Waals surface area (Å²) in [4.78, 5) is 42.8. The number of nitrogens with one attached hydrogen (secondary N) is 2. The van der Waals surface area contributed by atoms with Gasteiger partial charge in [-0.05, 0) is 53.0 Å². The molecule has 0 radical (unpaired) electrons. The van der Waals surface area contributed by atoms with Crippen molar-refractivity contribution in [2.75, 3.05) is 18.4 Å². The number of aromatic nitrogens is 3. The molecule has 9 nitrogen and oxygen atoms in total. The Morgan fingerprint density at radius 2 is 1.81 bits per heavy atom. The number of anilines is 2. The van der Waals surface area contributed by atoms with Crippen LogP contribution in [0.2, 0.25) is 0 Å². The predicted molar refractivity (Wildman–Crippen MR) is 144 cm³/mol. The number of hydrogen-bond acceptors (Lipinski definition) is 8. The van der Waals surface area contributed by atoms with Crippen molar-refractivity contribution in [1.29, 1.82) is 0 Å². The fourth-order valence-corrected chi connectivity index (χ4v) is 4.93. The van der Waals surface area contributed by atoms with Crippen LogP contribution < -0.4 is 10.6 Å². The van der Waals surface area contributed by atoms with Crippen LogP contribution in [-0.2, 0) is 9.53 Å². The first-order valence-electron chi connectivity index (χ1n) is 12.5. The number of nitrogens with zero attached hydrogens (tertiary/aromatic N) is 4. The maximum absolute atomic E-state index is 13.6. The van der Waals surface area contributed by atoms with Crippen LogP contribution in [0.25, 0.3) is 0 Å². The largest absolute Gasteiger partial charge is 0.444 e. The van der Waals surface area contributed by atoms with Crippen molar-refractivity contribution in [2.24, 2.45) is 0 Å². The van der Waals surface area contributed by atoms with Crippen molar-refractivity contribution >= 4 is 34.3 Å². The van der Waals surface area contributed by atoms with E-state index in [2.05, 4.69) is 20.6 Å². The van der Waals surface area contributed by atoms with Gasteiger partial charge in [0.05, 0.1) is 0 Å². The molecule has 1 fully saturated rings. The van der Waals surface area contributed by atoms with Gasteiger partial charge in [0, 0.05) is 41.8 Å². The van der Waals surface area contributed by atoms with Crippen LogP contribution in [0.3, 0.4) is 0 Å². The zero-order valence-corrected chi connectivity index (χ0v) is 22.8. The Kier molecular flexibility index (Phi) is 8.06. The highest BCUT2D eigenvalue weighted by molar-refractivity contribution is 7.15. The molecule has 3 aromatic rings. The van der Waals surface area contributed by atoms with Gasteiger partial charge in [0.1, 0.15) is 23.3 Å². The van der Waals surface area contributed by atoms with Crippen LogP contribution in [0, 0.1) is 13.8 Å². The van der Waals surface area contributed by atoms with Crippen LogP contribution in [0.4, 0.5) is 15.7 Å². The summed E-state index contributed by atoms with van der Waals surface area (Å²) in [5.74, 6) is 1.48. The minimum atomic E-state index is -0.819. The van der Waals surface area contributed by atoms with Gasteiger partial charge in [-0.15, -0.1) is 11.3 Å². The molecule has 37 heavy (non-hydrogen) atoms. The molecule has 2 amide bonds. The summed E-state index contributed by atoms with van der Waals surface area (Å²) < 4.78 is 5.42. The number of ether oxygens (including phenoxy) is 1. The molecule has 3 heterocycles. The molecule has 0 aliphatic carbocycles. The molecule has 2 aromatic heterocycles. The Morgan fingerprint density at radius 1 is 1.11 bits per heavy atom. The third-order valence-corrected chi connectivity index (χ3v) is 6.77. The Balaban J connectivity index is 1.43. The second-order valence-electron chi connectivity index (χ2n) is 10.2. The Labute approximate surface area is 221 Å². The summed E-state index contributed by atoms with van der Waals surface area (Å²) in [5.41, 5.74) is 0.938. The normalized spacial score (nSPS) is 15.2.